The molecule has 1 N–H and O–H groups in total. The first-order valence-electron chi connectivity index (χ1n) is 6.91. The molecule has 17 heavy (non-hydrogen) atoms. The van der Waals surface area contributed by atoms with Crippen molar-refractivity contribution in [2.45, 2.75) is 63.5 Å². The van der Waals surface area contributed by atoms with Crippen LogP contribution in [0.1, 0.15) is 51.4 Å². The molecule has 3 heteroatoms. The fourth-order valence-corrected chi connectivity index (χ4v) is 3.13. The zero-order valence-electron chi connectivity index (χ0n) is 10.5. The van der Waals surface area contributed by atoms with E-state index in [4.69, 9.17) is 5.11 Å². The third-order valence-electron chi connectivity index (χ3n) is 4.02. The average Bonchev–Trinajstić information content (AvgIpc) is 2.38. The second-order valence-corrected chi connectivity index (χ2v) is 5.25. The van der Waals surface area contributed by atoms with E-state index in [0.29, 0.717) is 18.5 Å². The predicted molar refractivity (Wildman–Crippen MR) is 68.0 cm³/mol. The molecule has 1 aliphatic heterocycles. The fraction of sp³-hybridized carbons (Fsp3) is 0.786. The van der Waals surface area contributed by atoms with Crippen molar-refractivity contribution >= 4 is 5.97 Å². The summed E-state index contributed by atoms with van der Waals surface area (Å²) in [6.07, 6.45) is 13.2. The van der Waals surface area contributed by atoms with Gasteiger partial charge >= 0.3 is 5.97 Å². The Bertz CT molecular complexity index is 288. The second kappa shape index (κ2) is 6.20. The molecule has 0 aromatic carbocycles. The Labute approximate surface area is 103 Å². The van der Waals surface area contributed by atoms with E-state index in [9.17, 15) is 4.79 Å². The van der Waals surface area contributed by atoms with Crippen molar-refractivity contribution in [2.24, 2.45) is 0 Å². The van der Waals surface area contributed by atoms with Gasteiger partial charge in [0.2, 0.25) is 0 Å². The van der Waals surface area contributed by atoms with Crippen molar-refractivity contribution in [3.05, 3.63) is 12.2 Å². The third kappa shape index (κ3) is 3.56. The van der Waals surface area contributed by atoms with E-state index >= 15 is 0 Å². The fourth-order valence-electron chi connectivity index (χ4n) is 3.13. The normalized spacial score (nSPS) is 30.4. The summed E-state index contributed by atoms with van der Waals surface area (Å²) in [6.45, 7) is 1.15. The number of allylic oxidation sites excluding steroid dienone is 1. The van der Waals surface area contributed by atoms with Crippen molar-refractivity contribution < 1.29 is 9.90 Å². The smallest absolute Gasteiger partial charge is 0.303 e. The molecule has 1 aliphatic carbocycles. The minimum Gasteiger partial charge on any atom is -0.481 e. The lowest BCUT2D eigenvalue weighted by atomic mass is 9.92. The van der Waals surface area contributed by atoms with Gasteiger partial charge in [-0.15, -0.1) is 0 Å². The molecule has 0 radical (unpaired) electrons. The van der Waals surface area contributed by atoms with Crippen LogP contribution in [0.2, 0.25) is 0 Å². The number of carboxylic acids is 1. The van der Waals surface area contributed by atoms with Crippen LogP contribution in [0.3, 0.4) is 0 Å². The molecule has 0 spiro atoms. The highest BCUT2D eigenvalue weighted by atomic mass is 16.4. The quantitative estimate of drug-likeness (QED) is 0.764. The van der Waals surface area contributed by atoms with Gasteiger partial charge in [-0.25, -0.2) is 0 Å². The minimum atomic E-state index is -0.658. The van der Waals surface area contributed by atoms with Gasteiger partial charge in [0, 0.05) is 18.5 Å². The molecule has 2 atom stereocenters. The standard InChI is InChI=1S/C14H23NO2/c16-14(17)10-9-13-8-4-5-11-15(13)12-6-2-1-3-7-12/h2,6,12-13H,1,3-5,7-11H2,(H,16,17). The van der Waals surface area contributed by atoms with E-state index in [2.05, 4.69) is 17.1 Å². The van der Waals surface area contributed by atoms with Crippen LogP contribution in [0.4, 0.5) is 0 Å². The van der Waals surface area contributed by atoms with Crippen LogP contribution in [-0.2, 0) is 4.79 Å². The summed E-state index contributed by atoms with van der Waals surface area (Å²) in [5.41, 5.74) is 0. The van der Waals surface area contributed by atoms with E-state index in [1.165, 1.54) is 38.5 Å². The number of hydrogen-bond acceptors (Lipinski definition) is 2. The Morgan fingerprint density at radius 2 is 2.18 bits per heavy atom. The lowest BCUT2D eigenvalue weighted by molar-refractivity contribution is -0.137. The molecule has 96 valence electrons. The largest absolute Gasteiger partial charge is 0.481 e. The number of carboxylic acid groups (broad SMARTS) is 1. The summed E-state index contributed by atoms with van der Waals surface area (Å²) in [4.78, 5) is 13.3. The molecule has 0 aromatic heterocycles. The SMILES string of the molecule is O=C(O)CCC1CCCCN1C1C=CCCC1. The van der Waals surface area contributed by atoms with Crippen LogP contribution in [-0.4, -0.2) is 34.6 Å². The van der Waals surface area contributed by atoms with Gasteiger partial charge in [-0.2, -0.15) is 0 Å². The molecule has 1 heterocycles. The van der Waals surface area contributed by atoms with Gasteiger partial charge in [-0.05, 0) is 45.1 Å². The molecular weight excluding hydrogens is 214 g/mol. The van der Waals surface area contributed by atoms with Crippen LogP contribution < -0.4 is 0 Å². The van der Waals surface area contributed by atoms with Crippen LogP contribution in [0.5, 0.6) is 0 Å². The van der Waals surface area contributed by atoms with Crippen LogP contribution in [0.25, 0.3) is 0 Å². The topological polar surface area (TPSA) is 40.5 Å². The monoisotopic (exact) mass is 237 g/mol. The van der Waals surface area contributed by atoms with Crippen LogP contribution >= 0.6 is 0 Å². The van der Waals surface area contributed by atoms with E-state index in [0.717, 1.165) is 13.0 Å². The highest BCUT2D eigenvalue weighted by molar-refractivity contribution is 5.66. The van der Waals surface area contributed by atoms with Crippen molar-refractivity contribution in [1.82, 2.24) is 4.90 Å². The second-order valence-electron chi connectivity index (χ2n) is 5.25. The maximum Gasteiger partial charge on any atom is 0.303 e. The summed E-state index contributed by atoms with van der Waals surface area (Å²) in [5, 5.41) is 8.81. The number of aliphatic carboxylic acids is 1. The summed E-state index contributed by atoms with van der Waals surface area (Å²) in [5.74, 6) is -0.658. The molecule has 1 saturated heterocycles. The highest BCUT2D eigenvalue weighted by Gasteiger charge is 2.28. The molecule has 0 aromatic rings. The van der Waals surface area contributed by atoms with Crippen LogP contribution in [0, 0.1) is 0 Å². The maximum absolute atomic E-state index is 10.7. The number of rotatable bonds is 4. The van der Waals surface area contributed by atoms with Crippen LogP contribution in [0.15, 0.2) is 12.2 Å². The summed E-state index contributed by atoms with van der Waals surface area (Å²) >= 11 is 0. The molecule has 2 rings (SSSR count). The predicted octanol–water partition coefficient (Wildman–Crippen LogP) is 2.81. The third-order valence-corrected chi connectivity index (χ3v) is 4.02. The summed E-state index contributed by atoms with van der Waals surface area (Å²) < 4.78 is 0. The maximum atomic E-state index is 10.7. The first-order valence-corrected chi connectivity index (χ1v) is 6.91. The molecule has 3 nitrogen and oxygen atoms in total. The van der Waals surface area contributed by atoms with Crippen molar-refractivity contribution in [2.75, 3.05) is 6.54 Å². The Hall–Kier alpha value is -0.830. The minimum absolute atomic E-state index is 0.317. The lowest BCUT2D eigenvalue weighted by Crippen LogP contribution is -2.46. The number of piperidine rings is 1. The Morgan fingerprint density at radius 1 is 1.29 bits per heavy atom. The molecular formula is C14H23NO2. The van der Waals surface area contributed by atoms with Crippen molar-refractivity contribution in [3.63, 3.8) is 0 Å². The van der Waals surface area contributed by atoms with E-state index in [-0.39, 0.29) is 0 Å². The number of nitrogens with zero attached hydrogens (tertiary/aromatic N) is 1. The van der Waals surface area contributed by atoms with Gasteiger partial charge < -0.3 is 5.11 Å². The Kier molecular flexibility index (Phi) is 4.60. The Balaban J connectivity index is 1.93. The summed E-state index contributed by atoms with van der Waals surface area (Å²) in [7, 11) is 0. The van der Waals surface area contributed by atoms with Gasteiger partial charge in [0.05, 0.1) is 0 Å². The lowest BCUT2D eigenvalue weighted by Gasteiger charge is -2.41. The molecule has 2 unspecified atom stereocenters. The molecule has 0 bridgehead atoms. The first kappa shape index (κ1) is 12.6. The Morgan fingerprint density at radius 3 is 2.88 bits per heavy atom. The van der Waals surface area contributed by atoms with Gasteiger partial charge in [0.15, 0.2) is 0 Å². The molecule has 0 saturated carbocycles. The van der Waals surface area contributed by atoms with E-state index in [1.807, 2.05) is 0 Å². The zero-order valence-corrected chi connectivity index (χ0v) is 10.5. The molecule has 0 amide bonds. The van der Waals surface area contributed by atoms with Crippen molar-refractivity contribution in [3.8, 4) is 0 Å². The molecule has 2 aliphatic rings. The number of likely N-dealkylation sites (tertiary alicyclic amines) is 1. The zero-order chi connectivity index (χ0) is 12.1. The highest BCUT2D eigenvalue weighted by Crippen LogP contribution is 2.27. The van der Waals surface area contributed by atoms with Gasteiger partial charge in [0.1, 0.15) is 0 Å². The van der Waals surface area contributed by atoms with E-state index in [1.54, 1.807) is 0 Å². The van der Waals surface area contributed by atoms with Gasteiger partial charge in [-0.3, -0.25) is 9.69 Å². The van der Waals surface area contributed by atoms with E-state index < -0.39 is 5.97 Å². The van der Waals surface area contributed by atoms with Crippen molar-refractivity contribution in [1.29, 1.82) is 0 Å². The first-order chi connectivity index (χ1) is 8.27. The van der Waals surface area contributed by atoms with Gasteiger partial charge in [0.25, 0.3) is 0 Å². The summed E-state index contributed by atoms with van der Waals surface area (Å²) in [6, 6.07) is 1.07. The molecule has 1 fully saturated rings. The number of carbonyl (C=O) groups is 1. The van der Waals surface area contributed by atoms with Gasteiger partial charge in [-0.1, -0.05) is 18.6 Å². The average molecular weight is 237 g/mol. The number of hydrogen-bond donors (Lipinski definition) is 1.